The number of benzodiazepines with no additional fused rings is 1. The number of likely N-dealkylation sites (N-methyl/N-ethyl adjacent to an activating group) is 1. The molecule has 0 unspecified atom stereocenters. The zero-order valence-electron chi connectivity index (χ0n) is 22.4. The van der Waals surface area contributed by atoms with E-state index in [1.807, 2.05) is 0 Å². The van der Waals surface area contributed by atoms with Gasteiger partial charge in [-0.2, -0.15) is 13.2 Å². The van der Waals surface area contributed by atoms with E-state index in [-0.39, 0.29) is 0 Å². The number of hydrogen-bond acceptors (Lipinski definition) is 4. The molecule has 0 aromatic heterocycles. The molecule has 4 rings (SSSR count). The molecule has 3 atom stereocenters. The number of anilines is 1. The highest BCUT2D eigenvalue weighted by molar-refractivity contribution is 6.20. The second-order valence-electron chi connectivity index (χ2n) is 10.6. The largest absolute Gasteiger partial charge is 0.416 e. The van der Waals surface area contributed by atoms with Gasteiger partial charge in [-0.25, -0.2) is 4.99 Å². The SMILES string of the molecule is CCCCCC[C@H](O)[C@@H](CC1CC1)C(=O)N[C@H]1N=C(c2ccc(C(F)(F)F)cc2)c2ccccc2N(C)C1=O. The summed E-state index contributed by atoms with van der Waals surface area (Å²) in [5, 5.41) is 13.7. The summed E-state index contributed by atoms with van der Waals surface area (Å²) in [6.45, 7) is 2.11. The van der Waals surface area contributed by atoms with Crippen molar-refractivity contribution in [2.45, 2.75) is 76.7 Å². The number of aliphatic hydroxyl groups excluding tert-OH is 1. The number of amides is 2. The van der Waals surface area contributed by atoms with Crippen molar-refractivity contribution in [3.63, 3.8) is 0 Å². The number of alkyl halides is 3. The summed E-state index contributed by atoms with van der Waals surface area (Å²) >= 11 is 0. The van der Waals surface area contributed by atoms with Gasteiger partial charge in [0.25, 0.3) is 5.91 Å². The van der Waals surface area contributed by atoms with Gasteiger partial charge < -0.3 is 15.3 Å². The van der Waals surface area contributed by atoms with Gasteiger partial charge >= 0.3 is 6.18 Å². The van der Waals surface area contributed by atoms with Crippen LogP contribution >= 0.6 is 0 Å². The van der Waals surface area contributed by atoms with Crippen molar-refractivity contribution in [3.05, 3.63) is 65.2 Å². The zero-order valence-corrected chi connectivity index (χ0v) is 22.4. The fourth-order valence-corrected chi connectivity index (χ4v) is 5.04. The number of carbonyl (C=O) groups excluding carboxylic acids is 2. The summed E-state index contributed by atoms with van der Waals surface area (Å²) < 4.78 is 39.5. The molecule has 1 aliphatic heterocycles. The first-order valence-electron chi connectivity index (χ1n) is 13.7. The minimum Gasteiger partial charge on any atom is -0.392 e. The summed E-state index contributed by atoms with van der Waals surface area (Å²) in [6.07, 6.45) is 0.433. The Kier molecular flexibility index (Phi) is 9.10. The van der Waals surface area contributed by atoms with Gasteiger partial charge in [0.05, 0.1) is 29.0 Å². The van der Waals surface area contributed by atoms with E-state index in [9.17, 15) is 27.9 Å². The van der Waals surface area contributed by atoms with Gasteiger partial charge in [0.1, 0.15) is 0 Å². The van der Waals surface area contributed by atoms with Crippen LogP contribution in [-0.2, 0) is 15.8 Å². The molecule has 9 heteroatoms. The average molecular weight is 544 g/mol. The molecule has 0 bridgehead atoms. The Hall–Kier alpha value is -3.20. The number of aliphatic imine (C=N–C) groups is 1. The first kappa shape index (κ1) is 28.8. The van der Waals surface area contributed by atoms with E-state index in [0.717, 1.165) is 50.7 Å². The maximum absolute atomic E-state index is 13.5. The van der Waals surface area contributed by atoms with E-state index < -0.39 is 41.7 Å². The molecule has 2 N–H and O–H groups in total. The fraction of sp³-hybridized carbons (Fsp3) is 0.500. The molecule has 2 aromatic rings. The van der Waals surface area contributed by atoms with Gasteiger partial charge in [0, 0.05) is 18.2 Å². The second-order valence-corrected chi connectivity index (χ2v) is 10.6. The Balaban J connectivity index is 1.63. The first-order valence-corrected chi connectivity index (χ1v) is 13.7. The molecular weight excluding hydrogens is 507 g/mol. The normalized spacial score (nSPS) is 19.1. The van der Waals surface area contributed by atoms with Gasteiger partial charge in [0.15, 0.2) is 0 Å². The first-order chi connectivity index (χ1) is 18.6. The Bertz CT molecular complexity index is 1190. The number of fused-ring (bicyclic) bond motifs is 1. The second kappa shape index (κ2) is 12.3. The number of unbranched alkanes of at least 4 members (excludes halogenated alkanes) is 3. The van der Waals surface area contributed by atoms with Crippen LogP contribution in [0.2, 0.25) is 0 Å². The molecule has 0 spiro atoms. The highest BCUT2D eigenvalue weighted by Gasteiger charge is 2.37. The van der Waals surface area contributed by atoms with Crippen LogP contribution in [0.1, 0.15) is 75.0 Å². The van der Waals surface area contributed by atoms with E-state index in [1.165, 1.54) is 17.0 Å². The van der Waals surface area contributed by atoms with Gasteiger partial charge in [-0.15, -0.1) is 0 Å². The topological polar surface area (TPSA) is 82.0 Å². The number of halogens is 3. The van der Waals surface area contributed by atoms with Crippen LogP contribution in [-0.4, -0.2) is 41.9 Å². The van der Waals surface area contributed by atoms with Crippen molar-refractivity contribution in [3.8, 4) is 0 Å². The van der Waals surface area contributed by atoms with Crippen LogP contribution < -0.4 is 10.2 Å². The molecule has 1 aliphatic carbocycles. The lowest BCUT2D eigenvalue weighted by Gasteiger charge is -2.25. The van der Waals surface area contributed by atoms with Crippen molar-refractivity contribution >= 4 is 23.2 Å². The van der Waals surface area contributed by atoms with E-state index >= 15 is 0 Å². The number of aliphatic hydroxyl groups is 1. The minimum atomic E-state index is -4.48. The maximum Gasteiger partial charge on any atom is 0.416 e. The highest BCUT2D eigenvalue weighted by Crippen LogP contribution is 2.37. The van der Waals surface area contributed by atoms with Gasteiger partial charge in [-0.05, 0) is 37.0 Å². The number of para-hydroxylation sites is 1. The molecular formula is C30H36F3N3O3. The minimum absolute atomic E-state index is 0.307. The maximum atomic E-state index is 13.5. The molecule has 210 valence electrons. The molecule has 1 fully saturated rings. The Morgan fingerprint density at radius 2 is 1.79 bits per heavy atom. The molecule has 39 heavy (non-hydrogen) atoms. The molecule has 2 amide bonds. The molecule has 6 nitrogen and oxygen atoms in total. The molecule has 1 saturated carbocycles. The zero-order chi connectivity index (χ0) is 28.2. The van der Waals surface area contributed by atoms with Crippen LogP contribution in [0, 0.1) is 11.8 Å². The van der Waals surface area contributed by atoms with E-state index in [1.54, 1.807) is 31.3 Å². The van der Waals surface area contributed by atoms with Gasteiger partial charge in [-0.1, -0.05) is 75.8 Å². The molecule has 2 aromatic carbocycles. The lowest BCUT2D eigenvalue weighted by molar-refractivity contribution is -0.137. The molecule has 0 saturated heterocycles. The van der Waals surface area contributed by atoms with E-state index in [0.29, 0.717) is 41.3 Å². The lowest BCUT2D eigenvalue weighted by atomic mass is 9.91. The molecule has 0 radical (unpaired) electrons. The van der Waals surface area contributed by atoms with Crippen LogP contribution in [0.25, 0.3) is 0 Å². The average Bonchev–Trinajstić information content (AvgIpc) is 3.75. The smallest absolute Gasteiger partial charge is 0.392 e. The monoisotopic (exact) mass is 543 g/mol. The summed E-state index contributed by atoms with van der Waals surface area (Å²) in [5.41, 5.74) is 1.01. The lowest BCUT2D eigenvalue weighted by Crippen LogP contribution is -2.49. The number of nitrogens with one attached hydrogen (secondary N) is 1. The van der Waals surface area contributed by atoms with Gasteiger partial charge in [-0.3, -0.25) is 9.59 Å². The third-order valence-electron chi connectivity index (χ3n) is 7.55. The third-order valence-corrected chi connectivity index (χ3v) is 7.55. The summed E-state index contributed by atoms with van der Waals surface area (Å²) in [5.74, 6) is -1.18. The quantitative estimate of drug-likeness (QED) is 0.356. The summed E-state index contributed by atoms with van der Waals surface area (Å²) in [7, 11) is 1.58. The predicted molar refractivity (Wildman–Crippen MR) is 144 cm³/mol. The van der Waals surface area contributed by atoms with Crippen molar-refractivity contribution < 1.29 is 27.9 Å². The Morgan fingerprint density at radius 3 is 2.44 bits per heavy atom. The third kappa shape index (κ3) is 7.06. The van der Waals surface area contributed by atoms with Crippen LogP contribution in [0.5, 0.6) is 0 Å². The number of hydrogen-bond donors (Lipinski definition) is 2. The summed E-state index contributed by atoms with van der Waals surface area (Å²) in [4.78, 5) is 33.0. The Labute approximate surface area is 227 Å². The van der Waals surface area contributed by atoms with Crippen LogP contribution in [0.4, 0.5) is 18.9 Å². The predicted octanol–water partition coefficient (Wildman–Crippen LogP) is 5.71. The Morgan fingerprint density at radius 1 is 1.10 bits per heavy atom. The van der Waals surface area contributed by atoms with Crippen molar-refractivity contribution in [2.75, 3.05) is 11.9 Å². The molecule has 1 heterocycles. The number of carbonyl (C=O) groups is 2. The van der Waals surface area contributed by atoms with Crippen LogP contribution in [0.15, 0.2) is 53.5 Å². The summed E-state index contributed by atoms with van der Waals surface area (Å²) in [6, 6.07) is 11.6. The van der Waals surface area contributed by atoms with Crippen LogP contribution in [0.3, 0.4) is 0 Å². The highest BCUT2D eigenvalue weighted by atomic mass is 19.4. The van der Waals surface area contributed by atoms with Crippen molar-refractivity contribution in [1.82, 2.24) is 5.32 Å². The fourth-order valence-electron chi connectivity index (χ4n) is 5.04. The van der Waals surface area contributed by atoms with E-state index in [4.69, 9.17) is 0 Å². The molecule has 2 aliphatic rings. The van der Waals surface area contributed by atoms with Gasteiger partial charge in [0.2, 0.25) is 12.1 Å². The van der Waals surface area contributed by atoms with Crippen molar-refractivity contribution in [1.29, 1.82) is 0 Å². The number of nitrogens with zero attached hydrogens (tertiary/aromatic N) is 2. The number of rotatable bonds is 11. The van der Waals surface area contributed by atoms with Crippen molar-refractivity contribution in [2.24, 2.45) is 16.8 Å². The standard InChI is InChI=1S/C30H36F3N3O3/c1-3-4-5-6-11-25(37)23(18-19-12-13-19)28(38)35-27-29(39)36(2)24-10-8-7-9-22(24)26(34-27)20-14-16-21(17-15-20)30(31,32)33/h7-10,14-17,19,23,25,27,37H,3-6,11-13,18H2,1-2H3,(H,35,38)/t23-,25+,27-/m1/s1. The number of benzene rings is 2. The van der Waals surface area contributed by atoms with E-state index in [2.05, 4.69) is 17.2 Å².